The predicted octanol–water partition coefficient (Wildman–Crippen LogP) is 2.85. The SMILES string of the molecule is Cc1ccc(NC(=O)N(C)CCC2CCNCC2)cc1. The lowest BCUT2D eigenvalue weighted by Gasteiger charge is -2.25. The highest BCUT2D eigenvalue weighted by molar-refractivity contribution is 5.89. The molecule has 1 aromatic rings. The van der Waals surface area contributed by atoms with Crippen molar-refractivity contribution >= 4 is 11.7 Å². The molecular formula is C16H25N3O. The lowest BCUT2D eigenvalue weighted by Crippen LogP contribution is -2.34. The molecule has 1 fully saturated rings. The molecule has 1 heterocycles. The van der Waals surface area contributed by atoms with Crippen molar-refractivity contribution in [2.75, 3.05) is 32.0 Å². The number of hydrogen-bond donors (Lipinski definition) is 2. The van der Waals surface area contributed by atoms with Gasteiger partial charge in [-0.05, 0) is 57.3 Å². The second kappa shape index (κ2) is 7.29. The first-order chi connectivity index (χ1) is 9.65. The maximum absolute atomic E-state index is 12.1. The smallest absolute Gasteiger partial charge is 0.321 e. The molecule has 110 valence electrons. The Bertz CT molecular complexity index is 424. The van der Waals surface area contributed by atoms with Crippen LogP contribution >= 0.6 is 0 Å². The number of anilines is 1. The van der Waals surface area contributed by atoms with E-state index in [0.29, 0.717) is 0 Å². The largest absolute Gasteiger partial charge is 0.328 e. The molecule has 1 saturated heterocycles. The van der Waals surface area contributed by atoms with Crippen LogP contribution in [0.1, 0.15) is 24.8 Å². The van der Waals surface area contributed by atoms with Crippen LogP contribution < -0.4 is 10.6 Å². The van der Waals surface area contributed by atoms with Gasteiger partial charge in [-0.15, -0.1) is 0 Å². The average molecular weight is 275 g/mol. The molecule has 2 amide bonds. The standard InChI is InChI=1S/C16H25N3O/c1-13-3-5-15(6-4-13)18-16(20)19(2)12-9-14-7-10-17-11-8-14/h3-6,14,17H,7-12H2,1-2H3,(H,18,20). The molecule has 0 spiro atoms. The van der Waals surface area contributed by atoms with Gasteiger partial charge in [-0.3, -0.25) is 0 Å². The van der Waals surface area contributed by atoms with Crippen LogP contribution in [0.25, 0.3) is 0 Å². The Morgan fingerprint density at radius 2 is 1.95 bits per heavy atom. The third-order valence-corrected chi connectivity index (χ3v) is 3.98. The Morgan fingerprint density at radius 3 is 2.60 bits per heavy atom. The molecule has 0 aliphatic carbocycles. The summed E-state index contributed by atoms with van der Waals surface area (Å²) in [5.41, 5.74) is 2.05. The van der Waals surface area contributed by atoms with Gasteiger partial charge < -0.3 is 15.5 Å². The summed E-state index contributed by atoms with van der Waals surface area (Å²) in [5, 5.41) is 6.30. The van der Waals surface area contributed by atoms with E-state index in [9.17, 15) is 4.79 Å². The van der Waals surface area contributed by atoms with Gasteiger partial charge in [0.1, 0.15) is 0 Å². The van der Waals surface area contributed by atoms with E-state index in [1.165, 1.54) is 18.4 Å². The number of carbonyl (C=O) groups excluding carboxylic acids is 1. The monoisotopic (exact) mass is 275 g/mol. The normalized spacial score (nSPS) is 15.9. The van der Waals surface area contributed by atoms with Gasteiger partial charge in [-0.2, -0.15) is 0 Å². The summed E-state index contributed by atoms with van der Waals surface area (Å²) in [6.07, 6.45) is 3.56. The van der Waals surface area contributed by atoms with E-state index in [1.54, 1.807) is 4.90 Å². The molecule has 2 N–H and O–H groups in total. The Balaban J connectivity index is 1.75. The molecule has 2 rings (SSSR count). The summed E-state index contributed by atoms with van der Waals surface area (Å²) in [6, 6.07) is 7.86. The highest BCUT2D eigenvalue weighted by atomic mass is 16.2. The Hall–Kier alpha value is -1.55. The van der Waals surface area contributed by atoms with Crippen molar-refractivity contribution in [1.82, 2.24) is 10.2 Å². The first-order valence-corrected chi connectivity index (χ1v) is 7.44. The number of rotatable bonds is 4. The topological polar surface area (TPSA) is 44.4 Å². The molecule has 4 heteroatoms. The van der Waals surface area contributed by atoms with E-state index in [-0.39, 0.29) is 6.03 Å². The molecule has 0 aromatic heterocycles. The zero-order valence-corrected chi connectivity index (χ0v) is 12.5. The van der Waals surface area contributed by atoms with Crippen molar-refractivity contribution in [3.05, 3.63) is 29.8 Å². The van der Waals surface area contributed by atoms with E-state index in [1.807, 2.05) is 38.2 Å². The van der Waals surface area contributed by atoms with Gasteiger partial charge in [0.2, 0.25) is 0 Å². The summed E-state index contributed by atoms with van der Waals surface area (Å²) in [5.74, 6) is 0.755. The van der Waals surface area contributed by atoms with Gasteiger partial charge in [0.05, 0.1) is 0 Å². The molecule has 1 aliphatic rings. The molecule has 0 bridgehead atoms. The minimum atomic E-state index is -0.0252. The highest BCUT2D eigenvalue weighted by Gasteiger charge is 2.15. The molecule has 4 nitrogen and oxygen atoms in total. The summed E-state index contributed by atoms with van der Waals surface area (Å²) in [7, 11) is 1.87. The quantitative estimate of drug-likeness (QED) is 0.887. The fourth-order valence-electron chi connectivity index (χ4n) is 2.50. The third-order valence-electron chi connectivity index (χ3n) is 3.98. The average Bonchev–Trinajstić information content (AvgIpc) is 2.48. The second-order valence-electron chi connectivity index (χ2n) is 5.70. The molecule has 0 radical (unpaired) electrons. The predicted molar refractivity (Wildman–Crippen MR) is 83.0 cm³/mol. The van der Waals surface area contributed by atoms with Crippen LogP contribution in [-0.2, 0) is 0 Å². The minimum Gasteiger partial charge on any atom is -0.328 e. The molecular weight excluding hydrogens is 250 g/mol. The summed E-state index contributed by atoms with van der Waals surface area (Å²) in [4.78, 5) is 13.9. The number of urea groups is 1. The van der Waals surface area contributed by atoms with Crippen LogP contribution in [0.4, 0.5) is 10.5 Å². The van der Waals surface area contributed by atoms with Crippen LogP contribution in [0.5, 0.6) is 0 Å². The maximum atomic E-state index is 12.1. The van der Waals surface area contributed by atoms with Crippen molar-refractivity contribution in [1.29, 1.82) is 0 Å². The fourth-order valence-corrected chi connectivity index (χ4v) is 2.50. The van der Waals surface area contributed by atoms with E-state index < -0.39 is 0 Å². The Kier molecular flexibility index (Phi) is 5.41. The van der Waals surface area contributed by atoms with Crippen molar-refractivity contribution in [2.45, 2.75) is 26.2 Å². The van der Waals surface area contributed by atoms with Crippen LogP contribution in [0.2, 0.25) is 0 Å². The van der Waals surface area contributed by atoms with Gasteiger partial charge in [0.25, 0.3) is 0 Å². The Labute approximate surface area is 121 Å². The first kappa shape index (κ1) is 14.9. The van der Waals surface area contributed by atoms with E-state index in [2.05, 4.69) is 10.6 Å². The van der Waals surface area contributed by atoms with Crippen LogP contribution in [0.15, 0.2) is 24.3 Å². The summed E-state index contributed by atoms with van der Waals surface area (Å²) >= 11 is 0. The third kappa shape index (κ3) is 4.53. The fraction of sp³-hybridized carbons (Fsp3) is 0.562. The van der Waals surface area contributed by atoms with E-state index >= 15 is 0 Å². The number of aryl methyl sites for hydroxylation is 1. The molecule has 1 aromatic carbocycles. The number of benzene rings is 1. The summed E-state index contributed by atoms with van der Waals surface area (Å²) < 4.78 is 0. The zero-order chi connectivity index (χ0) is 14.4. The van der Waals surface area contributed by atoms with Gasteiger partial charge in [-0.25, -0.2) is 4.79 Å². The molecule has 1 aliphatic heterocycles. The number of amides is 2. The molecule has 20 heavy (non-hydrogen) atoms. The van der Waals surface area contributed by atoms with Gasteiger partial charge >= 0.3 is 6.03 Å². The number of hydrogen-bond acceptors (Lipinski definition) is 2. The zero-order valence-electron chi connectivity index (χ0n) is 12.5. The molecule has 0 atom stereocenters. The minimum absolute atomic E-state index is 0.0252. The summed E-state index contributed by atoms with van der Waals surface area (Å²) in [6.45, 7) is 5.09. The van der Waals surface area contributed by atoms with Crippen LogP contribution in [0, 0.1) is 12.8 Å². The van der Waals surface area contributed by atoms with Crippen molar-refractivity contribution in [2.24, 2.45) is 5.92 Å². The van der Waals surface area contributed by atoms with Crippen LogP contribution in [0.3, 0.4) is 0 Å². The number of nitrogens with one attached hydrogen (secondary N) is 2. The second-order valence-corrected chi connectivity index (χ2v) is 5.70. The van der Waals surface area contributed by atoms with Crippen molar-refractivity contribution in [3.8, 4) is 0 Å². The maximum Gasteiger partial charge on any atom is 0.321 e. The molecule has 0 unspecified atom stereocenters. The van der Waals surface area contributed by atoms with Crippen molar-refractivity contribution in [3.63, 3.8) is 0 Å². The van der Waals surface area contributed by atoms with Crippen molar-refractivity contribution < 1.29 is 4.79 Å². The van der Waals surface area contributed by atoms with E-state index in [0.717, 1.165) is 37.7 Å². The number of piperidine rings is 1. The first-order valence-electron chi connectivity index (χ1n) is 7.44. The lowest BCUT2D eigenvalue weighted by molar-refractivity contribution is 0.216. The number of carbonyl (C=O) groups is 1. The highest BCUT2D eigenvalue weighted by Crippen LogP contribution is 2.16. The van der Waals surface area contributed by atoms with Gasteiger partial charge in [-0.1, -0.05) is 17.7 Å². The lowest BCUT2D eigenvalue weighted by atomic mass is 9.94. The Morgan fingerprint density at radius 1 is 1.30 bits per heavy atom. The molecule has 0 saturated carbocycles. The van der Waals surface area contributed by atoms with Gasteiger partial charge in [0.15, 0.2) is 0 Å². The number of nitrogens with zero attached hydrogens (tertiary/aromatic N) is 1. The van der Waals surface area contributed by atoms with E-state index in [4.69, 9.17) is 0 Å². The van der Waals surface area contributed by atoms with Gasteiger partial charge in [0, 0.05) is 19.3 Å². The van der Waals surface area contributed by atoms with Crippen LogP contribution in [-0.4, -0.2) is 37.6 Å².